The van der Waals surface area contributed by atoms with Crippen LogP contribution >= 0.6 is 0 Å². The summed E-state index contributed by atoms with van der Waals surface area (Å²) in [6.45, 7) is 6.90. The van der Waals surface area contributed by atoms with Gasteiger partial charge in [-0.1, -0.05) is 19.0 Å². The summed E-state index contributed by atoms with van der Waals surface area (Å²) in [7, 11) is 0. The zero-order chi connectivity index (χ0) is 15.1. The molecule has 2 heterocycles. The summed E-state index contributed by atoms with van der Waals surface area (Å²) in [6, 6.07) is 0.0819. The van der Waals surface area contributed by atoms with Crippen LogP contribution in [0.4, 0.5) is 0 Å². The molecule has 0 radical (unpaired) electrons. The van der Waals surface area contributed by atoms with E-state index in [0.717, 1.165) is 25.8 Å². The summed E-state index contributed by atoms with van der Waals surface area (Å²) >= 11 is 0. The van der Waals surface area contributed by atoms with Crippen molar-refractivity contribution in [2.45, 2.75) is 39.2 Å². The van der Waals surface area contributed by atoms with Crippen LogP contribution in [0.25, 0.3) is 0 Å². The molecule has 7 nitrogen and oxygen atoms in total. The Bertz CT molecular complexity index is 441. The third-order valence-corrected chi connectivity index (χ3v) is 3.37. The van der Waals surface area contributed by atoms with E-state index in [-0.39, 0.29) is 17.8 Å². The average molecular weight is 296 g/mol. The van der Waals surface area contributed by atoms with Gasteiger partial charge >= 0.3 is 0 Å². The minimum atomic E-state index is -0.324. The van der Waals surface area contributed by atoms with Gasteiger partial charge in [0.2, 0.25) is 5.89 Å². The fourth-order valence-corrected chi connectivity index (χ4v) is 2.10. The molecule has 0 spiro atoms. The minimum Gasteiger partial charge on any atom is -0.380 e. The molecule has 1 atom stereocenters. The number of hydrogen-bond acceptors (Lipinski definition) is 6. The molecule has 0 aliphatic carbocycles. The van der Waals surface area contributed by atoms with E-state index in [9.17, 15) is 4.79 Å². The molecule has 0 saturated carbocycles. The predicted molar refractivity (Wildman–Crippen MR) is 76.9 cm³/mol. The van der Waals surface area contributed by atoms with Gasteiger partial charge in [-0.15, -0.1) is 0 Å². The van der Waals surface area contributed by atoms with E-state index in [2.05, 4.69) is 34.6 Å². The third-order valence-electron chi connectivity index (χ3n) is 3.37. The Morgan fingerprint density at radius 2 is 2.38 bits per heavy atom. The number of nitrogens with zero attached hydrogens (tertiary/aromatic N) is 2. The molecule has 0 bridgehead atoms. The van der Waals surface area contributed by atoms with E-state index in [1.165, 1.54) is 0 Å². The van der Waals surface area contributed by atoms with E-state index >= 15 is 0 Å². The van der Waals surface area contributed by atoms with Crippen LogP contribution in [0.15, 0.2) is 4.52 Å². The van der Waals surface area contributed by atoms with Crippen LogP contribution in [-0.4, -0.2) is 42.4 Å². The van der Waals surface area contributed by atoms with Crippen LogP contribution in [0, 0.1) is 5.92 Å². The second kappa shape index (κ2) is 8.09. The largest absolute Gasteiger partial charge is 0.380 e. The molecule has 1 aliphatic rings. The highest BCUT2D eigenvalue weighted by Crippen LogP contribution is 2.20. The van der Waals surface area contributed by atoms with Crippen molar-refractivity contribution < 1.29 is 14.1 Å². The highest BCUT2D eigenvalue weighted by molar-refractivity contribution is 5.90. The molecule has 1 aromatic heterocycles. The number of hydrogen-bond donors (Lipinski definition) is 2. The standard InChI is InChI=1S/C14H24N4O3/c1-10(2)5-8-20-9-7-16-13(19)12-17-14(21-18-12)11-4-3-6-15-11/h10-11,15H,3-9H2,1-2H3,(H,16,19). The smallest absolute Gasteiger partial charge is 0.292 e. The van der Waals surface area contributed by atoms with Crippen LogP contribution in [0.5, 0.6) is 0 Å². The van der Waals surface area contributed by atoms with E-state index in [1.54, 1.807) is 0 Å². The molecule has 2 N–H and O–H groups in total. The molecule has 2 rings (SSSR count). The van der Waals surface area contributed by atoms with Gasteiger partial charge < -0.3 is 19.9 Å². The van der Waals surface area contributed by atoms with Gasteiger partial charge in [-0.2, -0.15) is 4.98 Å². The van der Waals surface area contributed by atoms with Crippen molar-refractivity contribution in [1.82, 2.24) is 20.8 Å². The Labute approximate surface area is 124 Å². The molecule has 1 saturated heterocycles. The normalized spacial score (nSPS) is 18.3. The van der Waals surface area contributed by atoms with Crippen molar-refractivity contribution in [3.05, 3.63) is 11.7 Å². The van der Waals surface area contributed by atoms with Crippen molar-refractivity contribution in [3.63, 3.8) is 0 Å². The summed E-state index contributed by atoms with van der Waals surface area (Å²) in [5.74, 6) is 0.878. The molecule has 1 amide bonds. The van der Waals surface area contributed by atoms with Crippen molar-refractivity contribution in [3.8, 4) is 0 Å². The first-order valence-electron chi connectivity index (χ1n) is 7.59. The molecule has 21 heavy (non-hydrogen) atoms. The average Bonchev–Trinajstić information content (AvgIpc) is 3.11. The fraction of sp³-hybridized carbons (Fsp3) is 0.786. The highest BCUT2D eigenvalue weighted by atomic mass is 16.5. The number of ether oxygens (including phenoxy) is 1. The quantitative estimate of drug-likeness (QED) is 0.703. The van der Waals surface area contributed by atoms with Crippen LogP contribution in [0.3, 0.4) is 0 Å². The van der Waals surface area contributed by atoms with Crippen LogP contribution < -0.4 is 10.6 Å². The minimum absolute atomic E-state index is 0.0819. The Morgan fingerprint density at radius 3 is 3.10 bits per heavy atom. The summed E-state index contributed by atoms with van der Waals surface area (Å²) in [5.41, 5.74) is 0. The van der Waals surface area contributed by atoms with E-state index < -0.39 is 0 Å². The first-order valence-corrected chi connectivity index (χ1v) is 7.59. The maximum Gasteiger partial charge on any atom is 0.292 e. The zero-order valence-corrected chi connectivity index (χ0v) is 12.7. The topological polar surface area (TPSA) is 89.3 Å². The zero-order valence-electron chi connectivity index (χ0n) is 12.7. The summed E-state index contributed by atoms with van der Waals surface area (Å²) in [6.07, 6.45) is 3.08. The Morgan fingerprint density at radius 1 is 1.52 bits per heavy atom. The van der Waals surface area contributed by atoms with Crippen LogP contribution in [-0.2, 0) is 4.74 Å². The molecule has 0 aromatic carbocycles. The van der Waals surface area contributed by atoms with Gasteiger partial charge in [-0.3, -0.25) is 4.79 Å². The molecular formula is C14H24N4O3. The second-order valence-electron chi connectivity index (χ2n) is 5.66. The summed E-state index contributed by atoms with van der Waals surface area (Å²) in [5, 5.41) is 9.69. The van der Waals surface area contributed by atoms with E-state index in [0.29, 0.717) is 31.6 Å². The highest BCUT2D eigenvalue weighted by Gasteiger charge is 2.24. The number of aromatic nitrogens is 2. The number of rotatable bonds is 8. The van der Waals surface area contributed by atoms with Gasteiger partial charge in [0.05, 0.1) is 12.6 Å². The lowest BCUT2D eigenvalue weighted by atomic mass is 10.1. The number of carbonyl (C=O) groups is 1. The van der Waals surface area contributed by atoms with Gasteiger partial charge in [0.1, 0.15) is 0 Å². The molecule has 1 fully saturated rings. The second-order valence-corrected chi connectivity index (χ2v) is 5.66. The van der Waals surface area contributed by atoms with Gasteiger partial charge in [-0.25, -0.2) is 0 Å². The first kappa shape index (κ1) is 15.9. The van der Waals surface area contributed by atoms with Crippen molar-refractivity contribution in [1.29, 1.82) is 0 Å². The van der Waals surface area contributed by atoms with Crippen molar-refractivity contribution in [2.24, 2.45) is 5.92 Å². The van der Waals surface area contributed by atoms with E-state index in [4.69, 9.17) is 9.26 Å². The Balaban J connectivity index is 1.66. The van der Waals surface area contributed by atoms with Crippen molar-refractivity contribution in [2.75, 3.05) is 26.3 Å². The molecular weight excluding hydrogens is 272 g/mol. The van der Waals surface area contributed by atoms with Crippen LogP contribution in [0.2, 0.25) is 0 Å². The lowest BCUT2D eigenvalue weighted by molar-refractivity contribution is 0.0893. The summed E-state index contributed by atoms with van der Waals surface area (Å²) in [4.78, 5) is 16.0. The third kappa shape index (κ3) is 5.09. The fourth-order valence-electron chi connectivity index (χ4n) is 2.10. The van der Waals surface area contributed by atoms with Crippen molar-refractivity contribution >= 4 is 5.91 Å². The Hall–Kier alpha value is -1.47. The molecule has 118 valence electrons. The predicted octanol–water partition coefficient (Wildman–Crippen LogP) is 1.29. The van der Waals surface area contributed by atoms with Crippen LogP contribution in [0.1, 0.15) is 55.7 Å². The number of carbonyl (C=O) groups excluding carboxylic acids is 1. The molecule has 7 heteroatoms. The van der Waals surface area contributed by atoms with Gasteiger partial charge in [-0.05, 0) is 31.7 Å². The van der Waals surface area contributed by atoms with Gasteiger partial charge in [0, 0.05) is 13.2 Å². The number of amides is 1. The maximum atomic E-state index is 11.8. The van der Waals surface area contributed by atoms with Gasteiger partial charge in [0.15, 0.2) is 0 Å². The lowest BCUT2D eigenvalue weighted by Gasteiger charge is -2.06. The monoisotopic (exact) mass is 296 g/mol. The molecule has 1 aromatic rings. The lowest BCUT2D eigenvalue weighted by Crippen LogP contribution is -2.28. The van der Waals surface area contributed by atoms with E-state index in [1.807, 2.05) is 0 Å². The summed E-state index contributed by atoms with van der Waals surface area (Å²) < 4.78 is 10.6. The van der Waals surface area contributed by atoms with Gasteiger partial charge in [0.25, 0.3) is 11.7 Å². The molecule has 1 unspecified atom stereocenters. The number of nitrogens with one attached hydrogen (secondary N) is 2. The Kier molecular flexibility index (Phi) is 6.13. The molecule has 1 aliphatic heterocycles. The SMILES string of the molecule is CC(C)CCOCCNC(=O)c1noc(C2CCCN2)n1. The first-order chi connectivity index (χ1) is 10.2. The maximum absolute atomic E-state index is 11.8.